The first-order valence-corrected chi connectivity index (χ1v) is 12.4. The third kappa shape index (κ3) is 23.1. The first-order valence-electron chi connectivity index (χ1n) is 10.8. The standard InChI is InChI=1S/C21H41NO4S/c1-2-3-4-5-6-7-8-9-10-11-12-13-14-15-16-18-21(23)22-19-17-20-27(24,25)26/h9-10H,2-8,11-20H2,1H3,(H,22,23)(H,24,25,26)/b10-9-. The molecule has 0 aliphatic rings. The minimum Gasteiger partial charge on any atom is -0.356 e. The summed E-state index contributed by atoms with van der Waals surface area (Å²) >= 11 is 0. The topological polar surface area (TPSA) is 83.5 Å². The molecule has 0 aromatic carbocycles. The zero-order valence-electron chi connectivity index (χ0n) is 17.3. The van der Waals surface area contributed by atoms with Gasteiger partial charge in [0.15, 0.2) is 0 Å². The van der Waals surface area contributed by atoms with E-state index in [2.05, 4.69) is 24.4 Å². The van der Waals surface area contributed by atoms with E-state index in [1.165, 1.54) is 57.8 Å². The van der Waals surface area contributed by atoms with Crippen LogP contribution in [0.4, 0.5) is 0 Å². The second-order valence-corrected chi connectivity index (χ2v) is 8.90. The van der Waals surface area contributed by atoms with Gasteiger partial charge in [-0.15, -0.1) is 0 Å². The van der Waals surface area contributed by atoms with Crippen molar-refractivity contribution in [2.75, 3.05) is 12.3 Å². The summed E-state index contributed by atoms with van der Waals surface area (Å²) < 4.78 is 29.7. The molecule has 0 aliphatic carbocycles. The maximum Gasteiger partial charge on any atom is 0.264 e. The molecule has 0 radical (unpaired) electrons. The predicted molar refractivity (Wildman–Crippen MR) is 113 cm³/mol. The molecule has 0 saturated carbocycles. The van der Waals surface area contributed by atoms with E-state index in [1.54, 1.807) is 0 Å². The minimum absolute atomic E-state index is 0.0389. The van der Waals surface area contributed by atoms with Crippen molar-refractivity contribution in [2.24, 2.45) is 0 Å². The average Bonchev–Trinajstić information content (AvgIpc) is 2.61. The number of carbonyl (C=O) groups is 1. The summed E-state index contributed by atoms with van der Waals surface area (Å²) in [4.78, 5) is 11.6. The van der Waals surface area contributed by atoms with Crippen LogP contribution < -0.4 is 5.32 Å². The monoisotopic (exact) mass is 403 g/mol. The summed E-state index contributed by atoms with van der Waals surface area (Å²) in [5, 5.41) is 2.68. The van der Waals surface area contributed by atoms with Crippen molar-refractivity contribution in [1.82, 2.24) is 5.32 Å². The van der Waals surface area contributed by atoms with Gasteiger partial charge in [-0.2, -0.15) is 8.42 Å². The van der Waals surface area contributed by atoms with Gasteiger partial charge >= 0.3 is 0 Å². The van der Waals surface area contributed by atoms with Crippen molar-refractivity contribution >= 4 is 16.0 Å². The van der Waals surface area contributed by atoms with Crippen LogP contribution in [0.1, 0.15) is 103 Å². The van der Waals surface area contributed by atoms with Crippen LogP contribution >= 0.6 is 0 Å². The quantitative estimate of drug-likeness (QED) is 0.171. The van der Waals surface area contributed by atoms with Crippen LogP contribution in [-0.4, -0.2) is 31.2 Å². The zero-order chi connectivity index (χ0) is 20.2. The minimum atomic E-state index is -3.92. The molecule has 0 unspecified atom stereocenters. The largest absolute Gasteiger partial charge is 0.356 e. The molecule has 0 fully saturated rings. The second-order valence-electron chi connectivity index (χ2n) is 7.32. The number of carbonyl (C=O) groups excluding carboxylic acids is 1. The number of hydrogen-bond donors (Lipinski definition) is 2. The van der Waals surface area contributed by atoms with Gasteiger partial charge in [0, 0.05) is 13.0 Å². The Morgan fingerprint density at radius 1 is 0.815 bits per heavy atom. The number of unbranched alkanes of at least 4 members (excludes halogenated alkanes) is 11. The number of hydrogen-bond acceptors (Lipinski definition) is 3. The molecule has 2 N–H and O–H groups in total. The van der Waals surface area contributed by atoms with Crippen molar-refractivity contribution in [2.45, 2.75) is 103 Å². The van der Waals surface area contributed by atoms with E-state index >= 15 is 0 Å². The lowest BCUT2D eigenvalue weighted by Gasteiger charge is -2.04. The fourth-order valence-electron chi connectivity index (χ4n) is 2.93. The molecule has 0 aromatic rings. The van der Waals surface area contributed by atoms with Gasteiger partial charge in [0.25, 0.3) is 10.1 Å². The molecule has 160 valence electrons. The summed E-state index contributed by atoms with van der Waals surface area (Å²) in [5.74, 6) is -0.344. The van der Waals surface area contributed by atoms with Crippen LogP contribution in [0.2, 0.25) is 0 Å². The normalized spacial score (nSPS) is 11.9. The smallest absolute Gasteiger partial charge is 0.264 e. The molecular weight excluding hydrogens is 362 g/mol. The summed E-state index contributed by atoms with van der Waals surface area (Å²) in [6.45, 7) is 2.55. The van der Waals surface area contributed by atoms with E-state index in [-0.39, 0.29) is 18.1 Å². The van der Waals surface area contributed by atoms with Crippen LogP contribution in [-0.2, 0) is 14.9 Å². The molecule has 27 heavy (non-hydrogen) atoms. The van der Waals surface area contributed by atoms with E-state index in [9.17, 15) is 13.2 Å². The maximum atomic E-state index is 11.6. The van der Waals surface area contributed by atoms with E-state index in [0.717, 1.165) is 25.7 Å². The molecule has 5 nitrogen and oxygen atoms in total. The molecule has 0 aliphatic heterocycles. The van der Waals surface area contributed by atoms with Crippen LogP contribution in [0.5, 0.6) is 0 Å². The van der Waals surface area contributed by atoms with Gasteiger partial charge in [0.2, 0.25) is 5.91 Å². The van der Waals surface area contributed by atoms with Crippen molar-refractivity contribution in [3.8, 4) is 0 Å². The molecular formula is C21H41NO4S. The lowest BCUT2D eigenvalue weighted by Crippen LogP contribution is -2.25. The Balaban J connectivity index is 3.28. The van der Waals surface area contributed by atoms with E-state index in [4.69, 9.17) is 4.55 Å². The van der Waals surface area contributed by atoms with Gasteiger partial charge in [-0.25, -0.2) is 0 Å². The van der Waals surface area contributed by atoms with Gasteiger partial charge in [-0.05, 0) is 38.5 Å². The first-order chi connectivity index (χ1) is 13.0. The Morgan fingerprint density at radius 3 is 1.89 bits per heavy atom. The van der Waals surface area contributed by atoms with Gasteiger partial charge in [0.1, 0.15) is 0 Å². The van der Waals surface area contributed by atoms with E-state index < -0.39 is 10.1 Å². The molecule has 0 rings (SSSR count). The van der Waals surface area contributed by atoms with Crippen molar-refractivity contribution < 1.29 is 17.8 Å². The molecule has 6 heteroatoms. The van der Waals surface area contributed by atoms with Gasteiger partial charge in [-0.3, -0.25) is 9.35 Å². The molecule has 1 amide bonds. The summed E-state index contributed by atoms with van der Waals surface area (Å²) in [7, 11) is -3.92. The number of nitrogens with one attached hydrogen (secondary N) is 1. The highest BCUT2D eigenvalue weighted by atomic mass is 32.2. The number of amides is 1. The van der Waals surface area contributed by atoms with Crippen LogP contribution in [0.15, 0.2) is 12.2 Å². The Hall–Kier alpha value is -0.880. The molecule has 0 spiro atoms. The lowest BCUT2D eigenvalue weighted by molar-refractivity contribution is -0.121. The summed E-state index contributed by atoms with van der Waals surface area (Å²) in [6.07, 6.45) is 21.4. The van der Waals surface area contributed by atoms with Gasteiger partial charge in [-0.1, -0.05) is 70.4 Å². The highest BCUT2D eigenvalue weighted by molar-refractivity contribution is 7.85. The third-order valence-electron chi connectivity index (χ3n) is 4.57. The number of rotatable bonds is 19. The molecule has 0 heterocycles. The Labute approximate surface area is 167 Å². The fourth-order valence-corrected chi connectivity index (χ4v) is 3.44. The van der Waals surface area contributed by atoms with Crippen LogP contribution in [0.25, 0.3) is 0 Å². The zero-order valence-corrected chi connectivity index (χ0v) is 18.1. The van der Waals surface area contributed by atoms with Gasteiger partial charge < -0.3 is 5.32 Å². The fraction of sp³-hybridized carbons (Fsp3) is 0.857. The maximum absolute atomic E-state index is 11.6. The van der Waals surface area contributed by atoms with Gasteiger partial charge in [0.05, 0.1) is 5.75 Å². The Bertz CT molecular complexity index is 475. The Morgan fingerprint density at radius 2 is 1.33 bits per heavy atom. The Kier molecular flexibility index (Phi) is 17.9. The molecule has 0 atom stereocenters. The van der Waals surface area contributed by atoms with Crippen molar-refractivity contribution in [3.63, 3.8) is 0 Å². The predicted octanol–water partition coefficient (Wildman–Crippen LogP) is 5.42. The summed E-state index contributed by atoms with van der Waals surface area (Å²) in [5.41, 5.74) is 0. The molecule has 0 saturated heterocycles. The van der Waals surface area contributed by atoms with Crippen LogP contribution in [0.3, 0.4) is 0 Å². The average molecular weight is 404 g/mol. The number of allylic oxidation sites excluding steroid dienone is 2. The first kappa shape index (κ1) is 26.1. The molecule has 0 aromatic heterocycles. The molecule has 0 bridgehead atoms. The van der Waals surface area contributed by atoms with E-state index in [1.807, 2.05) is 0 Å². The van der Waals surface area contributed by atoms with Crippen LogP contribution in [0, 0.1) is 0 Å². The SMILES string of the molecule is CCCCCCCC/C=C\CCCCCCCC(=O)NCCCS(=O)(=O)O. The highest BCUT2D eigenvalue weighted by Crippen LogP contribution is 2.09. The highest BCUT2D eigenvalue weighted by Gasteiger charge is 2.05. The third-order valence-corrected chi connectivity index (χ3v) is 5.37. The van der Waals surface area contributed by atoms with E-state index in [0.29, 0.717) is 13.0 Å². The lowest BCUT2D eigenvalue weighted by atomic mass is 10.1. The summed E-state index contributed by atoms with van der Waals surface area (Å²) in [6, 6.07) is 0. The van der Waals surface area contributed by atoms with Crippen molar-refractivity contribution in [1.29, 1.82) is 0 Å². The second kappa shape index (κ2) is 18.5. The van der Waals surface area contributed by atoms with Crippen molar-refractivity contribution in [3.05, 3.63) is 12.2 Å².